The van der Waals surface area contributed by atoms with Gasteiger partial charge in [-0.05, 0) is 61.9 Å². The summed E-state index contributed by atoms with van der Waals surface area (Å²) in [5.41, 5.74) is 15.8. The van der Waals surface area contributed by atoms with Crippen molar-refractivity contribution >= 4 is 41.7 Å². The average Bonchev–Trinajstić information content (AvgIpc) is 3.75. The Morgan fingerprint density at radius 3 is 2.10 bits per heavy atom. The molecule has 256 valence electrons. The maximum atomic E-state index is 12.8. The third-order valence-electron chi connectivity index (χ3n) is 8.52. The van der Waals surface area contributed by atoms with Crippen LogP contribution in [-0.4, -0.2) is 72.7 Å². The van der Waals surface area contributed by atoms with Crippen molar-refractivity contribution in [1.29, 1.82) is 10.9 Å². The SMILES string of the molecule is CCC(C)n1ncn(-c2ccc(N3CCN(c4ccc(OC[C@@H]5CO[C@@](CN)(c6ccccc6)O5)cc4)CC3)cc2)c1=O.I.N=CN=N. The van der Waals surface area contributed by atoms with Gasteiger partial charge in [-0.1, -0.05) is 37.3 Å². The van der Waals surface area contributed by atoms with Gasteiger partial charge in [0.05, 0.1) is 24.9 Å². The first kappa shape index (κ1) is 36.7. The summed E-state index contributed by atoms with van der Waals surface area (Å²) in [6, 6.07) is 26.3. The zero-order valence-corrected chi connectivity index (χ0v) is 29.6. The van der Waals surface area contributed by atoms with Gasteiger partial charge in [0, 0.05) is 43.1 Å². The molecule has 0 saturated carbocycles. The molecule has 3 aromatic carbocycles. The fourth-order valence-electron chi connectivity index (χ4n) is 5.67. The molecule has 0 bridgehead atoms. The summed E-state index contributed by atoms with van der Waals surface area (Å²) in [6.07, 6.45) is 2.93. The number of hydrogen-bond acceptors (Lipinski definition) is 10. The fourth-order valence-corrected chi connectivity index (χ4v) is 5.67. The Morgan fingerprint density at radius 2 is 1.56 bits per heavy atom. The number of aromatic nitrogens is 3. The minimum absolute atomic E-state index is 0. The van der Waals surface area contributed by atoms with Gasteiger partial charge in [-0.2, -0.15) is 5.10 Å². The molecule has 13 nitrogen and oxygen atoms in total. The lowest BCUT2D eigenvalue weighted by Gasteiger charge is -2.37. The Hall–Kier alpha value is -4.12. The molecule has 48 heavy (non-hydrogen) atoms. The molecule has 14 heteroatoms. The number of nitrogens with one attached hydrogen (secondary N) is 2. The van der Waals surface area contributed by atoms with Crippen LogP contribution in [0.4, 0.5) is 11.4 Å². The maximum Gasteiger partial charge on any atom is 0.350 e. The van der Waals surface area contributed by atoms with Crippen molar-refractivity contribution in [2.75, 3.05) is 55.7 Å². The molecule has 2 saturated heterocycles. The summed E-state index contributed by atoms with van der Waals surface area (Å²) in [7, 11) is 0. The maximum absolute atomic E-state index is 12.8. The molecule has 2 fully saturated rings. The molecule has 6 rings (SSSR count). The summed E-state index contributed by atoms with van der Waals surface area (Å²) < 4.78 is 21.4. The Kier molecular flexibility index (Phi) is 13.3. The largest absolute Gasteiger partial charge is 0.491 e. The molecule has 0 amide bonds. The lowest BCUT2D eigenvalue weighted by Crippen LogP contribution is -2.46. The second kappa shape index (κ2) is 17.3. The zero-order valence-electron chi connectivity index (χ0n) is 27.3. The third kappa shape index (κ3) is 8.47. The average molecular weight is 770 g/mol. The van der Waals surface area contributed by atoms with E-state index in [1.165, 1.54) is 5.69 Å². The van der Waals surface area contributed by atoms with Crippen molar-refractivity contribution in [3.63, 3.8) is 0 Å². The number of anilines is 2. The van der Waals surface area contributed by atoms with E-state index in [1.54, 1.807) is 15.6 Å². The number of benzene rings is 3. The van der Waals surface area contributed by atoms with Gasteiger partial charge < -0.3 is 29.7 Å². The Bertz CT molecular complexity index is 1640. The van der Waals surface area contributed by atoms with Gasteiger partial charge in [0.25, 0.3) is 0 Å². The van der Waals surface area contributed by atoms with Gasteiger partial charge in [0.1, 0.15) is 31.1 Å². The van der Waals surface area contributed by atoms with Gasteiger partial charge in [-0.15, -0.1) is 29.1 Å². The lowest BCUT2D eigenvalue weighted by atomic mass is 10.1. The van der Waals surface area contributed by atoms with Gasteiger partial charge >= 0.3 is 5.69 Å². The quantitative estimate of drug-likeness (QED) is 0.0815. The van der Waals surface area contributed by atoms with Crippen LogP contribution in [0.5, 0.6) is 5.75 Å². The van der Waals surface area contributed by atoms with Crippen LogP contribution < -0.4 is 26.0 Å². The van der Waals surface area contributed by atoms with Crippen LogP contribution in [0, 0.1) is 10.9 Å². The van der Waals surface area contributed by atoms with Crippen molar-refractivity contribution in [2.24, 2.45) is 10.8 Å². The number of halogens is 1. The summed E-state index contributed by atoms with van der Waals surface area (Å²) in [5, 5.41) is 12.8. The first-order valence-electron chi connectivity index (χ1n) is 15.8. The number of nitrogens with zero attached hydrogens (tertiary/aromatic N) is 6. The highest BCUT2D eigenvalue weighted by Gasteiger charge is 2.42. The number of nitrogens with two attached hydrogens (primary N) is 1. The molecule has 1 aromatic heterocycles. The minimum atomic E-state index is -0.917. The smallest absolute Gasteiger partial charge is 0.350 e. The molecule has 4 aromatic rings. The normalized spacial score (nSPS) is 19.4. The van der Waals surface area contributed by atoms with Crippen LogP contribution in [0.2, 0.25) is 0 Å². The second-order valence-electron chi connectivity index (χ2n) is 11.4. The van der Waals surface area contributed by atoms with E-state index in [0.717, 1.165) is 55.3 Å². The van der Waals surface area contributed by atoms with E-state index in [1.807, 2.05) is 61.5 Å². The number of ether oxygens (including phenoxy) is 3. The van der Waals surface area contributed by atoms with E-state index in [4.69, 9.17) is 30.9 Å². The summed E-state index contributed by atoms with van der Waals surface area (Å²) >= 11 is 0. The van der Waals surface area contributed by atoms with E-state index < -0.39 is 5.79 Å². The molecule has 0 aliphatic carbocycles. The minimum Gasteiger partial charge on any atom is -0.491 e. The van der Waals surface area contributed by atoms with Crippen LogP contribution in [0.3, 0.4) is 0 Å². The van der Waals surface area contributed by atoms with Crippen LogP contribution in [-0.2, 0) is 15.3 Å². The molecule has 2 aliphatic rings. The summed E-state index contributed by atoms with van der Waals surface area (Å²) in [6.45, 7) is 8.77. The van der Waals surface area contributed by atoms with Crippen LogP contribution >= 0.6 is 24.0 Å². The Labute approximate surface area is 297 Å². The van der Waals surface area contributed by atoms with Gasteiger partial charge in [-0.25, -0.2) is 19.6 Å². The molecule has 4 N–H and O–H groups in total. The first-order valence-corrected chi connectivity index (χ1v) is 15.8. The fraction of sp³-hybridized carbons (Fsp3) is 0.382. The number of hydrogen-bond donors (Lipinski definition) is 3. The Morgan fingerprint density at radius 1 is 1.00 bits per heavy atom. The molecule has 1 unspecified atom stereocenters. The zero-order chi connectivity index (χ0) is 33.2. The van der Waals surface area contributed by atoms with Gasteiger partial charge in [0.2, 0.25) is 5.79 Å². The van der Waals surface area contributed by atoms with Crippen molar-refractivity contribution in [3.05, 3.63) is 101 Å². The highest BCUT2D eigenvalue weighted by Crippen LogP contribution is 2.33. The van der Waals surface area contributed by atoms with Crippen molar-refractivity contribution in [2.45, 2.75) is 38.2 Å². The predicted octanol–water partition coefficient (Wildman–Crippen LogP) is 5.18. The molecule has 2 aliphatic heterocycles. The standard InChI is InChI=1S/C33H40N6O4.CH3N3.HI/c1-3-25(2)39-32(40)38(24-35-39)29-11-9-27(10-12-29)36-17-19-37(20-18-36)28-13-15-30(16-14-28)41-21-31-22-42-33(23-34,43-31)26-7-5-4-6-8-26;2-1-4-3;/h4-16,24-25,31H,3,17-23,34H2,1-2H3;1-3H;1H/t25?,31-,33-;;/m1../s1. The summed E-state index contributed by atoms with van der Waals surface area (Å²) in [4.78, 5) is 17.5. The van der Waals surface area contributed by atoms with E-state index in [0.29, 0.717) is 19.6 Å². The van der Waals surface area contributed by atoms with Crippen LogP contribution in [0.1, 0.15) is 31.9 Å². The predicted molar refractivity (Wildman–Crippen MR) is 197 cm³/mol. The topological polar surface area (TPSA) is 160 Å². The summed E-state index contributed by atoms with van der Waals surface area (Å²) in [5.74, 6) is -0.120. The second-order valence-corrected chi connectivity index (χ2v) is 11.4. The molecule has 3 heterocycles. The molecule has 0 spiro atoms. The highest BCUT2D eigenvalue weighted by molar-refractivity contribution is 14.0. The van der Waals surface area contributed by atoms with Gasteiger partial charge in [0.15, 0.2) is 0 Å². The van der Waals surface area contributed by atoms with E-state index >= 15 is 0 Å². The Balaban J connectivity index is 0.000000986. The molecule has 0 radical (unpaired) electrons. The lowest BCUT2D eigenvalue weighted by molar-refractivity contribution is -0.171. The highest BCUT2D eigenvalue weighted by atomic mass is 127. The van der Waals surface area contributed by atoms with Crippen molar-refractivity contribution in [3.8, 4) is 11.4 Å². The van der Waals surface area contributed by atoms with E-state index in [-0.39, 0.29) is 48.4 Å². The van der Waals surface area contributed by atoms with Crippen LogP contribution in [0.25, 0.3) is 5.69 Å². The van der Waals surface area contributed by atoms with Crippen molar-refractivity contribution < 1.29 is 14.2 Å². The number of piperazine rings is 1. The molecular formula is C34H44IN9O4. The monoisotopic (exact) mass is 769 g/mol. The van der Waals surface area contributed by atoms with Crippen molar-refractivity contribution in [1.82, 2.24) is 14.3 Å². The molecular weight excluding hydrogens is 725 g/mol. The molecule has 3 atom stereocenters. The van der Waals surface area contributed by atoms with Crippen LogP contribution in [0.15, 0.2) is 95.1 Å². The number of rotatable bonds is 11. The van der Waals surface area contributed by atoms with E-state index in [2.05, 4.69) is 51.2 Å². The van der Waals surface area contributed by atoms with Gasteiger partial charge in [-0.3, -0.25) is 5.41 Å². The third-order valence-corrected chi connectivity index (χ3v) is 8.52. The first-order chi connectivity index (χ1) is 22.9. The van der Waals surface area contributed by atoms with E-state index in [9.17, 15) is 4.79 Å².